The van der Waals surface area contributed by atoms with E-state index in [1.54, 1.807) is 30.3 Å². The van der Waals surface area contributed by atoms with Crippen molar-refractivity contribution in [2.75, 3.05) is 12.4 Å². The molecule has 1 saturated heterocycles. The molecular formula is C34H25FN2O4. The van der Waals surface area contributed by atoms with E-state index in [4.69, 9.17) is 4.74 Å². The van der Waals surface area contributed by atoms with Crippen LogP contribution in [0.4, 0.5) is 10.1 Å². The Morgan fingerprint density at radius 2 is 1.61 bits per heavy atom. The summed E-state index contributed by atoms with van der Waals surface area (Å²) < 4.78 is 20.0. The molecule has 1 amide bonds. The summed E-state index contributed by atoms with van der Waals surface area (Å²) in [7, 11) is 1.35. The molecule has 7 rings (SSSR count). The maximum Gasteiger partial charge on any atom is 0.238 e. The molecule has 3 aliphatic rings. The number of anilines is 1. The molecule has 0 radical (unpaired) electrons. The molecule has 3 aliphatic heterocycles. The third kappa shape index (κ3) is 3.45. The summed E-state index contributed by atoms with van der Waals surface area (Å²) >= 11 is 0. The van der Waals surface area contributed by atoms with Crippen LogP contribution in [-0.2, 0) is 10.2 Å². The Morgan fingerprint density at radius 3 is 2.39 bits per heavy atom. The van der Waals surface area contributed by atoms with E-state index in [0.29, 0.717) is 16.8 Å². The number of carbonyl (C=O) groups excluding carboxylic acids is 3. The number of Topliss-reactive ketones (excluding diaryl/α,β-unsaturated/α-hetero) is 2. The highest BCUT2D eigenvalue weighted by atomic mass is 19.1. The average molecular weight is 545 g/mol. The lowest BCUT2D eigenvalue weighted by Crippen LogP contribution is -2.49. The van der Waals surface area contributed by atoms with Crippen LogP contribution in [0.5, 0.6) is 5.75 Å². The van der Waals surface area contributed by atoms with Gasteiger partial charge in [-0.3, -0.25) is 14.4 Å². The molecule has 6 nitrogen and oxygen atoms in total. The topological polar surface area (TPSA) is 75.7 Å². The Kier molecular flexibility index (Phi) is 5.64. The molecule has 7 heteroatoms. The second kappa shape index (κ2) is 9.27. The Morgan fingerprint density at radius 1 is 0.878 bits per heavy atom. The first-order valence-corrected chi connectivity index (χ1v) is 13.4. The summed E-state index contributed by atoms with van der Waals surface area (Å²) in [5.74, 6) is -3.02. The van der Waals surface area contributed by atoms with Crippen molar-refractivity contribution in [1.82, 2.24) is 4.90 Å². The minimum Gasteiger partial charge on any atom is -0.494 e. The van der Waals surface area contributed by atoms with Crippen LogP contribution in [-0.4, -0.2) is 35.5 Å². The molecule has 4 atom stereocenters. The molecule has 3 heterocycles. The first-order chi connectivity index (χ1) is 20.0. The fraction of sp³-hybridized carbons (Fsp3) is 0.147. The van der Waals surface area contributed by atoms with Crippen molar-refractivity contribution in [3.05, 3.63) is 137 Å². The van der Waals surface area contributed by atoms with Gasteiger partial charge < -0.3 is 15.0 Å². The number of hydrogen-bond acceptors (Lipinski definition) is 5. The third-order valence-electron chi connectivity index (χ3n) is 8.62. The van der Waals surface area contributed by atoms with Gasteiger partial charge in [0.25, 0.3) is 0 Å². The van der Waals surface area contributed by atoms with Crippen LogP contribution < -0.4 is 10.1 Å². The predicted octanol–water partition coefficient (Wildman–Crippen LogP) is 5.82. The van der Waals surface area contributed by atoms with E-state index in [2.05, 4.69) is 5.32 Å². The summed E-state index contributed by atoms with van der Waals surface area (Å²) in [6, 6.07) is 26.1. The van der Waals surface area contributed by atoms with E-state index >= 15 is 0 Å². The lowest BCUT2D eigenvalue weighted by Gasteiger charge is -2.38. The molecule has 0 aliphatic carbocycles. The Balaban J connectivity index is 1.53. The first kappa shape index (κ1) is 25.0. The highest BCUT2D eigenvalue weighted by Gasteiger charge is 2.70. The molecule has 4 aromatic rings. The average Bonchev–Trinajstić information content (AvgIpc) is 3.49. The van der Waals surface area contributed by atoms with Gasteiger partial charge in [0, 0.05) is 23.0 Å². The normalized spacial score (nSPS) is 23.5. The summed E-state index contributed by atoms with van der Waals surface area (Å²) in [6.45, 7) is 0. The molecule has 1 fully saturated rings. The zero-order chi connectivity index (χ0) is 28.3. The van der Waals surface area contributed by atoms with Gasteiger partial charge in [-0.1, -0.05) is 72.8 Å². The number of methoxy groups -OCH3 is 1. The zero-order valence-corrected chi connectivity index (χ0v) is 22.1. The van der Waals surface area contributed by atoms with Crippen LogP contribution in [0.15, 0.2) is 103 Å². The van der Waals surface area contributed by atoms with Gasteiger partial charge in [-0.2, -0.15) is 0 Å². The van der Waals surface area contributed by atoms with Crippen LogP contribution in [0.3, 0.4) is 0 Å². The van der Waals surface area contributed by atoms with Crippen molar-refractivity contribution in [3.63, 3.8) is 0 Å². The summed E-state index contributed by atoms with van der Waals surface area (Å²) in [4.78, 5) is 45.4. The minimum absolute atomic E-state index is 0.00201. The lowest BCUT2D eigenvalue weighted by atomic mass is 9.62. The van der Waals surface area contributed by atoms with E-state index in [1.165, 1.54) is 19.2 Å². The quantitative estimate of drug-likeness (QED) is 0.321. The number of nitrogens with zero attached hydrogens (tertiary/aromatic N) is 1. The number of ketones is 2. The van der Waals surface area contributed by atoms with Gasteiger partial charge >= 0.3 is 0 Å². The number of benzene rings is 4. The van der Waals surface area contributed by atoms with Gasteiger partial charge in [-0.05, 0) is 47.0 Å². The number of halogens is 1. The molecular weight excluding hydrogens is 519 g/mol. The van der Waals surface area contributed by atoms with Gasteiger partial charge in [-0.15, -0.1) is 0 Å². The van der Waals surface area contributed by atoms with Crippen LogP contribution in [0.25, 0.3) is 6.08 Å². The second-order valence-electron chi connectivity index (χ2n) is 10.5. The highest BCUT2D eigenvalue weighted by Crippen LogP contribution is 2.62. The first-order valence-electron chi connectivity index (χ1n) is 13.4. The predicted molar refractivity (Wildman–Crippen MR) is 152 cm³/mol. The van der Waals surface area contributed by atoms with Gasteiger partial charge in [0.1, 0.15) is 11.5 Å². The fourth-order valence-electron chi connectivity index (χ4n) is 6.94. The number of fused-ring (bicyclic) bond motifs is 6. The molecule has 0 aromatic heterocycles. The van der Waals surface area contributed by atoms with Crippen molar-refractivity contribution in [2.24, 2.45) is 5.92 Å². The second-order valence-corrected chi connectivity index (χ2v) is 10.5. The zero-order valence-electron chi connectivity index (χ0n) is 22.1. The van der Waals surface area contributed by atoms with Gasteiger partial charge in [0.05, 0.1) is 19.1 Å². The lowest BCUT2D eigenvalue weighted by molar-refractivity contribution is -0.122. The summed E-state index contributed by atoms with van der Waals surface area (Å²) in [5, 5.41) is 3.01. The standard InChI is InChI=1S/C34H25FN2O4/c1-41-27-16-15-22(19-25(27)35)30(38)28-29(31(39)21-10-3-2-4-11-21)37-18-17-20-9-5-6-12-23(20)32(37)34(28)24-13-7-8-14-26(24)36-33(34)40/h2-19,28-29,32H,1H3,(H,36,40)/t28-,29-,32+,34+/m0/s1. The van der Waals surface area contributed by atoms with Gasteiger partial charge in [0.15, 0.2) is 23.1 Å². The fourth-order valence-corrected chi connectivity index (χ4v) is 6.94. The van der Waals surface area contributed by atoms with Crippen molar-refractivity contribution in [2.45, 2.75) is 17.5 Å². The maximum atomic E-state index is 15.0. The number of amides is 1. The number of nitrogens with one attached hydrogen (secondary N) is 1. The van der Waals surface area contributed by atoms with Crippen molar-refractivity contribution >= 4 is 29.2 Å². The van der Waals surface area contributed by atoms with Gasteiger partial charge in [0.2, 0.25) is 5.91 Å². The van der Waals surface area contributed by atoms with Crippen molar-refractivity contribution in [1.29, 1.82) is 0 Å². The monoisotopic (exact) mass is 544 g/mol. The summed E-state index contributed by atoms with van der Waals surface area (Å²) in [6.07, 6.45) is 3.72. The largest absolute Gasteiger partial charge is 0.494 e. The number of hydrogen-bond donors (Lipinski definition) is 1. The number of ether oxygens (including phenoxy) is 1. The van der Waals surface area contributed by atoms with Crippen molar-refractivity contribution < 1.29 is 23.5 Å². The van der Waals surface area contributed by atoms with Crippen molar-refractivity contribution in [3.8, 4) is 5.75 Å². The minimum atomic E-state index is -1.47. The Hall–Kier alpha value is -5.04. The van der Waals surface area contributed by atoms with Crippen LogP contribution in [0.2, 0.25) is 0 Å². The SMILES string of the molecule is COc1ccc(C(=O)[C@@H]2[C@@H](C(=O)c3ccccc3)N3C=Cc4ccccc4[C@@H]3[C@]23C(=O)Nc2ccccc23)cc1F. The number of carbonyl (C=O) groups is 3. The molecule has 0 saturated carbocycles. The molecule has 41 heavy (non-hydrogen) atoms. The molecule has 0 unspecified atom stereocenters. The Labute approximate surface area is 236 Å². The summed E-state index contributed by atoms with van der Waals surface area (Å²) in [5.41, 5.74) is 1.99. The van der Waals surface area contributed by atoms with Crippen LogP contribution in [0, 0.1) is 11.7 Å². The van der Waals surface area contributed by atoms with Crippen LogP contribution in [0.1, 0.15) is 43.4 Å². The van der Waals surface area contributed by atoms with E-state index < -0.39 is 35.0 Å². The van der Waals surface area contributed by atoms with E-state index in [9.17, 15) is 18.8 Å². The van der Waals surface area contributed by atoms with E-state index in [1.807, 2.05) is 65.7 Å². The number of rotatable bonds is 5. The highest BCUT2D eigenvalue weighted by molar-refractivity contribution is 6.16. The maximum absolute atomic E-state index is 15.0. The van der Waals surface area contributed by atoms with Gasteiger partial charge in [-0.25, -0.2) is 4.39 Å². The smallest absolute Gasteiger partial charge is 0.238 e. The Bertz CT molecular complexity index is 1770. The number of para-hydroxylation sites is 1. The molecule has 1 spiro atoms. The van der Waals surface area contributed by atoms with Crippen LogP contribution >= 0.6 is 0 Å². The third-order valence-corrected chi connectivity index (χ3v) is 8.62. The molecule has 4 aromatic carbocycles. The molecule has 1 N–H and O–H groups in total. The van der Waals surface area contributed by atoms with E-state index in [0.717, 1.165) is 17.2 Å². The molecule has 202 valence electrons. The molecule has 0 bridgehead atoms. The van der Waals surface area contributed by atoms with E-state index in [-0.39, 0.29) is 23.0 Å².